The van der Waals surface area contributed by atoms with Gasteiger partial charge < -0.3 is 4.74 Å². The summed E-state index contributed by atoms with van der Waals surface area (Å²) < 4.78 is 6.69. The average molecular weight is 336 g/mol. The van der Waals surface area contributed by atoms with Crippen LogP contribution in [0.5, 0.6) is 0 Å². The van der Waals surface area contributed by atoms with Crippen molar-refractivity contribution in [3.05, 3.63) is 30.3 Å². The highest BCUT2D eigenvalue weighted by atomic mass is 16.5. The highest BCUT2D eigenvalue weighted by molar-refractivity contribution is 5.46. The van der Waals surface area contributed by atoms with Crippen molar-refractivity contribution in [2.45, 2.75) is 58.3 Å². The predicted octanol–water partition coefficient (Wildman–Crippen LogP) is 4.60. The molecule has 2 heteroatoms. The smallest absolute Gasteiger partial charge is 0.264 e. The van der Waals surface area contributed by atoms with Gasteiger partial charge in [-0.1, -0.05) is 51.3 Å². The SMILES string of the molecule is C#CC[N+](CC#C)(c1ccccc1)C(C#C)OC(CCC)CCCC. The summed E-state index contributed by atoms with van der Waals surface area (Å²) in [6, 6.07) is 9.95. The summed E-state index contributed by atoms with van der Waals surface area (Å²) in [5.74, 6) is 8.35. The van der Waals surface area contributed by atoms with E-state index in [1.165, 1.54) is 0 Å². The Kier molecular flexibility index (Phi) is 9.50. The van der Waals surface area contributed by atoms with Crippen molar-refractivity contribution in [3.63, 3.8) is 0 Å². The Bertz CT molecular complexity index is 598. The van der Waals surface area contributed by atoms with Crippen LogP contribution in [-0.2, 0) is 4.74 Å². The molecule has 0 heterocycles. The Morgan fingerprint density at radius 2 is 1.60 bits per heavy atom. The van der Waals surface area contributed by atoms with Gasteiger partial charge in [0.1, 0.15) is 18.8 Å². The minimum Gasteiger partial charge on any atom is -0.315 e. The number of ether oxygens (including phenoxy) is 1. The Morgan fingerprint density at radius 1 is 0.960 bits per heavy atom. The summed E-state index contributed by atoms with van der Waals surface area (Å²) in [5, 5.41) is 0. The number of benzene rings is 1. The molecule has 0 aliphatic carbocycles. The number of para-hydroxylation sites is 1. The molecule has 0 bridgehead atoms. The molecular formula is C23H30NO+. The van der Waals surface area contributed by atoms with E-state index in [-0.39, 0.29) is 10.6 Å². The zero-order chi connectivity index (χ0) is 18.5. The molecule has 25 heavy (non-hydrogen) atoms. The van der Waals surface area contributed by atoms with Crippen LogP contribution in [0.1, 0.15) is 46.0 Å². The van der Waals surface area contributed by atoms with Gasteiger partial charge in [0.05, 0.1) is 6.10 Å². The van der Waals surface area contributed by atoms with Gasteiger partial charge in [-0.05, 0) is 42.7 Å². The molecule has 0 aliphatic heterocycles. The van der Waals surface area contributed by atoms with Crippen LogP contribution in [0.4, 0.5) is 5.69 Å². The van der Waals surface area contributed by atoms with Crippen molar-refractivity contribution in [2.24, 2.45) is 0 Å². The Balaban J connectivity index is 3.22. The van der Waals surface area contributed by atoms with E-state index in [1.807, 2.05) is 30.3 Å². The second-order valence-corrected chi connectivity index (χ2v) is 6.30. The van der Waals surface area contributed by atoms with E-state index < -0.39 is 6.23 Å². The molecule has 0 aliphatic rings. The maximum atomic E-state index is 6.41. The zero-order valence-electron chi connectivity index (χ0n) is 15.6. The zero-order valence-corrected chi connectivity index (χ0v) is 15.6. The van der Waals surface area contributed by atoms with Crippen molar-refractivity contribution in [1.29, 1.82) is 0 Å². The van der Waals surface area contributed by atoms with Crippen LogP contribution in [0, 0.1) is 37.0 Å². The molecule has 132 valence electrons. The lowest BCUT2D eigenvalue weighted by Gasteiger charge is -2.40. The van der Waals surface area contributed by atoms with Gasteiger partial charge in [0.2, 0.25) is 0 Å². The molecule has 2 atom stereocenters. The van der Waals surface area contributed by atoms with Crippen molar-refractivity contribution in [2.75, 3.05) is 13.1 Å². The van der Waals surface area contributed by atoms with Crippen LogP contribution >= 0.6 is 0 Å². The van der Waals surface area contributed by atoms with Gasteiger partial charge >= 0.3 is 0 Å². The molecule has 1 rings (SSSR count). The number of hydrogen-bond donors (Lipinski definition) is 0. The van der Waals surface area contributed by atoms with Crippen LogP contribution in [-0.4, -0.2) is 25.4 Å². The first-order valence-electron chi connectivity index (χ1n) is 9.09. The first-order valence-corrected chi connectivity index (χ1v) is 9.09. The summed E-state index contributed by atoms with van der Waals surface area (Å²) in [6.07, 6.45) is 22.2. The third-order valence-electron chi connectivity index (χ3n) is 4.42. The number of hydrogen-bond acceptors (Lipinski definition) is 1. The largest absolute Gasteiger partial charge is 0.315 e. The average Bonchev–Trinajstić information content (AvgIpc) is 2.64. The van der Waals surface area contributed by atoms with E-state index >= 15 is 0 Å². The van der Waals surface area contributed by atoms with Gasteiger partial charge in [0, 0.05) is 0 Å². The second kappa shape index (κ2) is 11.4. The maximum absolute atomic E-state index is 6.41. The number of nitrogens with zero attached hydrogens (tertiary/aromatic N) is 1. The van der Waals surface area contributed by atoms with E-state index in [0.29, 0.717) is 13.1 Å². The summed E-state index contributed by atoms with van der Waals surface area (Å²) in [6.45, 7) is 5.14. The molecule has 2 nitrogen and oxygen atoms in total. The van der Waals surface area contributed by atoms with Crippen molar-refractivity contribution in [1.82, 2.24) is 4.48 Å². The van der Waals surface area contributed by atoms with Crippen molar-refractivity contribution >= 4 is 5.69 Å². The van der Waals surface area contributed by atoms with Gasteiger partial charge in [-0.2, -0.15) is 0 Å². The Labute approximate surface area is 154 Å². The molecule has 0 amide bonds. The summed E-state index contributed by atoms with van der Waals surface area (Å²) in [5.41, 5.74) is 0.993. The lowest BCUT2D eigenvalue weighted by Crippen LogP contribution is -2.59. The van der Waals surface area contributed by atoms with E-state index in [0.717, 1.165) is 37.8 Å². The third-order valence-corrected chi connectivity index (χ3v) is 4.42. The molecule has 0 N–H and O–H groups in total. The quantitative estimate of drug-likeness (QED) is 0.326. The number of terminal acetylenes is 3. The molecule has 1 aromatic rings. The fourth-order valence-electron chi connectivity index (χ4n) is 3.11. The van der Waals surface area contributed by atoms with Crippen LogP contribution in [0.2, 0.25) is 0 Å². The topological polar surface area (TPSA) is 9.23 Å². The second-order valence-electron chi connectivity index (χ2n) is 6.30. The van der Waals surface area contributed by atoms with Gasteiger partial charge in [0.15, 0.2) is 0 Å². The molecule has 0 aromatic heterocycles. The Morgan fingerprint density at radius 3 is 2.08 bits per heavy atom. The number of rotatable bonds is 11. The van der Waals surface area contributed by atoms with E-state index in [4.69, 9.17) is 24.0 Å². The normalized spacial score (nSPS) is 13.2. The van der Waals surface area contributed by atoms with Gasteiger partial charge in [-0.15, -0.1) is 19.3 Å². The van der Waals surface area contributed by atoms with Crippen LogP contribution in [0.3, 0.4) is 0 Å². The third kappa shape index (κ3) is 5.69. The molecule has 0 radical (unpaired) electrons. The van der Waals surface area contributed by atoms with Gasteiger partial charge in [-0.25, -0.2) is 4.48 Å². The minimum atomic E-state index is -0.497. The fraction of sp³-hybridized carbons (Fsp3) is 0.478. The molecule has 0 spiro atoms. The molecular weight excluding hydrogens is 306 g/mol. The van der Waals surface area contributed by atoms with E-state index in [2.05, 4.69) is 31.6 Å². The van der Waals surface area contributed by atoms with Crippen LogP contribution in [0.25, 0.3) is 0 Å². The molecule has 2 unspecified atom stereocenters. The fourth-order valence-corrected chi connectivity index (χ4v) is 3.11. The lowest BCUT2D eigenvalue weighted by molar-refractivity contribution is -0.0604. The van der Waals surface area contributed by atoms with E-state index in [9.17, 15) is 0 Å². The van der Waals surface area contributed by atoms with Crippen molar-refractivity contribution in [3.8, 4) is 37.0 Å². The maximum Gasteiger partial charge on any atom is 0.264 e. The predicted molar refractivity (Wildman–Crippen MR) is 108 cm³/mol. The highest BCUT2D eigenvalue weighted by Gasteiger charge is 2.39. The van der Waals surface area contributed by atoms with Crippen LogP contribution < -0.4 is 4.48 Å². The molecule has 0 fully saturated rings. The van der Waals surface area contributed by atoms with E-state index in [1.54, 1.807) is 0 Å². The van der Waals surface area contributed by atoms with Crippen molar-refractivity contribution < 1.29 is 4.74 Å². The molecule has 1 aromatic carbocycles. The molecule has 0 saturated carbocycles. The van der Waals surface area contributed by atoms with Gasteiger partial charge in [0.25, 0.3) is 6.23 Å². The first kappa shape index (κ1) is 20.9. The highest BCUT2D eigenvalue weighted by Crippen LogP contribution is 2.28. The monoisotopic (exact) mass is 336 g/mol. The number of unbranched alkanes of at least 4 members (excludes halogenated alkanes) is 1. The van der Waals surface area contributed by atoms with Crippen LogP contribution in [0.15, 0.2) is 30.3 Å². The molecule has 0 saturated heterocycles. The Hall–Kier alpha value is -2.18. The standard InChI is InChI=1S/C23H30NO/c1-6-11-18-22(15-7-2)25-23(10-5)24(19-8-3,20-9-4)21-16-13-12-14-17-21/h3-5,12-14,16-17,22-23H,6-7,11,15,18-20H2,1-2H3/q+1. The first-order chi connectivity index (χ1) is 12.2. The summed E-state index contributed by atoms with van der Waals surface area (Å²) >= 11 is 0. The summed E-state index contributed by atoms with van der Waals surface area (Å²) in [7, 11) is 0. The van der Waals surface area contributed by atoms with Gasteiger partial charge in [-0.3, -0.25) is 0 Å². The minimum absolute atomic E-state index is 0.128. The summed E-state index contributed by atoms with van der Waals surface area (Å²) in [4.78, 5) is 0. The lowest BCUT2D eigenvalue weighted by atomic mass is 10.1. The number of quaternary nitrogens is 1.